The molecule has 0 spiro atoms. The molecule has 3 saturated carbocycles. The van der Waals surface area contributed by atoms with Crippen molar-refractivity contribution in [1.29, 1.82) is 0 Å². The molecule has 0 unspecified atom stereocenters. The summed E-state index contributed by atoms with van der Waals surface area (Å²) in [6.45, 7) is 1.60. The zero-order valence-corrected chi connectivity index (χ0v) is 18.8. The number of aromatic carboxylic acids is 1. The Hall–Kier alpha value is -3.43. The van der Waals surface area contributed by atoms with E-state index in [1.807, 2.05) is 0 Å². The standard InChI is InChI=1S/C25H21F5N2O3/c1-12(31-18-5-3-4-17(27)20(18)22(34)35)14-6-13(26)7-16-15(14)8-19(32(2)21(16)33)23-9-24(10-23,11-23)25(28,29)30/h3-8,12,31H,9-11H2,1-2H3,(H,34,35)/t12-,23?,24?/m1/s1. The van der Waals surface area contributed by atoms with Crippen LogP contribution in [0.1, 0.15) is 53.8 Å². The number of pyridine rings is 1. The maximum atomic E-state index is 14.5. The van der Waals surface area contributed by atoms with E-state index in [2.05, 4.69) is 5.32 Å². The first-order chi connectivity index (χ1) is 16.3. The number of halogens is 5. The lowest BCUT2D eigenvalue weighted by atomic mass is 9.34. The van der Waals surface area contributed by atoms with Crippen molar-refractivity contribution >= 4 is 22.4 Å². The van der Waals surface area contributed by atoms with Crippen molar-refractivity contribution in [3.05, 3.63) is 75.2 Å². The molecule has 35 heavy (non-hydrogen) atoms. The zero-order chi connectivity index (χ0) is 25.5. The van der Waals surface area contributed by atoms with Crippen molar-refractivity contribution in [2.24, 2.45) is 12.5 Å². The first kappa shape index (κ1) is 23.3. The Morgan fingerprint density at radius 1 is 1.11 bits per heavy atom. The Kier molecular flexibility index (Phi) is 4.85. The highest BCUT2D eigenvalue weighted by atomic mass is 19.4. The average Bonchev–Trinajstić information content (AvgIpc) is 2.68. The second-order valence-corrected chi connectivity index (χ2v) is 9.77. The van der Waals surface area contributed by atoms with Crippen LogP contribution in [0.5, 0.6) is 0 Å². The fourth-order valence-electron chi connectivity index (χ4n) is 5.90. The number of carboxylic acid groups (broad SMARTS) is 1. The lowest BCUT2D eigenvalue weighted by Gasteiger charge is -2.70. The molecule has 1 aromatic heterocycles. The highest BCUT2D eigenvalue weighted by Gasteiger charge is 2.79. The smallest absolute Gasteiger partial charge is 0.394 e. The number of alkyl halides is 3. The minimum Gasteiger partial charge on any atom is -0.478 e. The number of anilines is 1. The van der Waals surface area contributed by atoms with Gasteiger partial charge in [0.25, 0.3) is 5.56 Å². The topological polar surface area (TPSA) is 71.3 Å². The van der Waals surface area contributed by atoms with Crippen molar-refractivity contribution in [3.63, 3.8) is 0 Å². The van der Waals surface area contributed by atoms with Crippen LogP contribution in [-0.4, -0.2) is 21.8 Å². The average molecular weight is 492 g/mol. The number of hydrogen-bond donors (Lipinski definition) is 2. The minimum atomic E-state index is -4.30. The van der Waals surface area contributed by atoms with Crippen molar-refractivity contribution < 1.29 is 31.9 Å². The molecule has 184 valence electrons. The SMILES string of the molecule is C[C@@H](Nc1cccc(F)c1C(=O)O)c1cc(F)cc2c(=O)n(C)c(C34CC(C(F)(F)F)(C3)C4)cc12. The van der Waals surface area contributed by atoms with Gasteiger partial charge in [-0.15, -0.1) is 0 Å². The molecular weight excluding hydrogens is 471 g/mol. The second kappa shape index (κ2) is 7.29. The number of carbonyl (C=O) groups is 1. The molecular formula is C25H21F5N2O3. The number of fused-ring (bicyclic) bond motifs is 1. The van der Waals surface area contributed by atoms with Crippen LogP contribution in [0.15, 0.2) is 41.2 Å². The number of carboxylic acids is 1. The van der Waals surface area contributed by atoms with E-state index in [4.69, 9.17) is 0 Å². The van der Waals surface area contributed by atoms with Crippen LogP contribution in [0.25, 0.3) is 10.8 Å². The van der Waals surface area contributed by atoms with E-state index in [9.17, 15) is 36.6 Å². The first-order valence-electron chi connectivity index (χ1n) is 11.0. The van der Waals surface area contributed by atoms with E-state index < -0.39 is 51.8 Å². The van der Waals surface area contributed by atoms with Gasteiger partial charge in [-0.05, 0) is 67.5 Å². The Bertz CT molecular complexity index is 1440. The summed E-state index contributed by atoms with van der Waals surface area (Å²) in [7, 11) is 1.47. The zero-order valence-electron chi connectivity index (χ0n) is 18.8. The van der Waals surface area contributed by atoms with Gasteiger partial charge in [0.05, 0.1) is 16.5 Å². The van der Waals surface area contributed by atoms with Crippen LogP contribution in [0, 0.1) is 17.0 Å². The van der Waals surface area contributed by atoms with Crippen LogP contribution in [0.2, 0.25) is 0 Å². The van der Waals surface area contributed by atoms with Gasteiger partial charge in [-0.25, -0.2) is 13.6 Å². The van der Waals surface area contributed by atoms with E-state index in [-0.39, 0.29) is 30.3 Å². The Balaban J connectivity index is 1.60. The molecule has 3 aromatic rings. The van der Waals surface area contributed by atoms with Gasteiger partial charge in [0.2, 0.25) is 0 Å². The van der Waals surface area contributed by atoms with Crippen LogP contribution in [-0.2, 0) is 12.5 Å². The van der Waals surface area contributed by atoms with Gasteiger partial charge in [0, 0.05) is 24.2 Å². The molecule has 1 heterocycles. The molecule has 0 aliphatic heterocycles. The summed E-state index contributed by atoms with van der Waals surface area (Å²) < 4.78 is 70.1. The summed E-state index contributed by atoms with van der Waals surface area (Å²) in [4.78, 5) is 24.7. The van der Waals surface area contributed by atoms with Crippen LogP contribution >= 0.6 is 0 Å². The number of nitrogens with zero attached hydrogens (tertiary/aromatic N) is 1. The molecule has 1 atom stereocenters. The summed E-state index contributed by atoms with van der Waals surface area (Å²) in [6, 6.07) is 6.82. The first-order valence-corrected chi connectivity index (χ1v) is 11.0. The maximum Gasteiger partial charge on any atom is 0.394 e. The van der Waals surface area contributed by atoms with Gasteiger partial charge in [-0.2, -0.15) is 13.2 Å². The summed E-state index contributed by atoms with van der Waals surface area (Å²) in [5, 5.41) is 12.7. The van der Waals surface area contributed by atoms with E-state index in [1.54, 1.807) is 13.0 Å². The van der Waals surface area contributed by atoms with E-state index in [1.165, 1.54) is 29.8 Å². The van der Waals surface area contributed by atoms with E-state index in [0.717, 1.165) is 12.1 Å². The van der Waals surface area contributed by atoms with Crippen molar-refractivity contribution in [2.75, 3.05) is 5.32 Å². The van der Waals surface area contributed by atoms with Gasteiger partial charge in [-0.1, -0.05) is 6.07 Å². The largest absolute Gasteiger partial charge is 0.478 e. The molecule has 0 radical (unpaired) electrons. The molecule has 0 amide bonds. The van der Waals surface area contributed by atoms with Crippen LogP contribution in [0.4, 0.5) is 27.6 Å². The van der Waals surface area contributed by atoms with Crippen LogP contribution < -0.4 is 10.9 Å². The molecule has 2 bridgehead atoms. The normalized spacial score (nSPS) is 24.0. The molecule has 2 aromatic carbocycles. The fraction of sp³-hybridized carbons (Fsp3) is 0.360. The van der Waals surface area contributed by atoms with Gasteiger partial charge in [0.15, 0.2) is 0 Å². The molecule has 2 N–H and O–H groups in total. The van der Waals surface area contributed by atoms with Crippen molar-refractivity contribution in [3.8, 4) is 0 Å². The maximum absolute atomic E-state index is 14.5. The highest BCUT2D eigenvalue weighted by molar-refractivity contribution is 5.95. The Labute approximate surface area is 196 Å². The molecule has 0 saturated heterocycles. The summed E-state index contributed by atoms with van der Waals surface area (Å²) in [6.07, 6.45) is -4.60. The predicted octanol–water partition coefficient (Wildman–Crippen LogP) is 5.67. The molecule has 3 fully saturated rings. The van der Waals surface area contributed by atoms with E-state index in [0.29, 0.717) is 16.6 Å². The number of benzene rings is 2. The van der Waals surface area contributed by atoms with Gasteiger partial charge < -0.3 is 15.0 Å². The number of hydrogen-bond acceptors (Lipinski definition) is 3. The molecule has 3 aliphatic carbocycles. The number of aromatic nitrogens is 1. The summed E-state index contributed by atoms with van der Waals surface area (Å²) in [5.41, 5.74) is -2.86. The third-order valence-corrected chi connectivity index (χ3v) is 7.60. The highest BCUT2D eigenvalue weighted by Crippen LogP contribution is 2.78. The number of nitrogens with one attached hydrogen (secondary N) is 1. The Morgan fingerprint density at radius 2 is 1.77 bits per heavy atom. The van der Waals surface area contributed by atoms with Gasteiger partial charge in [-0.3, -0.25) is 4.79 Å². The second-order valence-electron chi connectivity index (χ2n) is 9.77. The van der Waals surface area contributed by atoms with Crippen LogP contribution in [0.3, 0.4) is 0 Å². The predicted molar refractivity (Wildman–Crippen MR) is 119 cm³/mol. The third kappa shape index (κ3) is 3.25. The summed E-state index contributed by atoms with van der Waals surface area (Å²) in [5.74, 6) is -3.14. The quantitative estimate of drug-likeness (QED) is 0.450. The molecule has 5 nitrogen and oxygen atoms in total. The van der Waals surface area contributed by atoms with E-state index >= 15 is 0 Å². The van der Waals surface area contributed by atoms with Crippen molar-refractivity contribution in [2.45, 2.75) is 43.8 Å². The summed E-state index contributed by atoms with van der Waals surface area (Å²) >= 11 is 0. The Morgan fingerprint density at radius 3 is 2.37 bits per heavy atom. The third-order valence-electron chi connectivity index (χ3n) is 7.60. The molecule has 6 rings (SSSR count). The fourth-order valence-corrected chi connectivity index (χ4v) is 5.90. The monoisotopic (exact) mass is 492 g/mol. The lowest BCUT2D eigenvalue weighted by molar-refractivity contribution is -0.338. The number of rotatable bonds is 5. The van der Waals surface area contributed by atoms with Crippen molar-refractivity contribution in [1.82, 2.24) is 4.57 Å². The lowest BCUT2D eigenvalue weighted by Crippen LogP contribution is -2.71. The molecule has 10 heteroatoms. The van der Waals surface area contributed by atoms with Gasteiger partial charge in [0.1, 0.15) is 17.2 Å². The minimum absolute atomic E-state index is 0.0296. The van der Waals surface area contributed by atoms with Gasteiger partial charge >= 0.3 is 12.1 Å². The molecule has 3 aliphatic rings.